The highest BCUT2D eigenvalue weighted by atomic mass is 14.8. The molecule has 3 heteroatoms. The first kappa shape index (κ1) is 11.7. The number of benzene rings is 1. The summed E-state index contributed by atoms with van der Waals surface area (Å²) >= 11 is 0. The Bertz CT molecular complexity index is 735. The highest BCUT2D eigenvalue weighted by Crippen LogP contribution is 2.24. The molecule has 2 heterocycles. The molecule has 0 aliphatic carbocycles. The predicted octanol–water partition coefficient (Wildman–Crippen LogP) is 3.65. The zero-order valence-electron chi connectivity index (χ0n) is 11.0. The molecular formula is C16H15N3. The average Bonchev–Trinajstić information content (AvgIpc) is 2.46. The van der Waals surface area contributed by atoms with Crippen LogP contribution in [0.2, 0.25) is 0 Å². The van der Waals surface area contributed by atoms with Gasteiger partial charge in [0.2, 0.25) is 0 Å². The Hall–Kier alpha value is -2.42. The van der Waals surface area contributed by atoms with Crippen molar-refractivity contribution in [2.75, 3.05) is 12.4 Å². The van der Waals surface area contributed by atoms with Gasteiger partial charge in [-0.25, -0.2) is 0 Å². The molecule has 0 bridgehead atoms. The summed E-state index contributed by atoms with van der Waals surface area (Å²) in [6, 6.07) is 14.4. The number of aryl methyl sites for hydroxylation is 1. The molecule has 0 aliphatic heterocycles. The summed E-state index contributed by atoms with van der Waals surface area (Å²) in [5.41, 5.74) is 5.20. The van der Waals surface area contributed by atoms with Gasteiger partial charge in [0.05, 0.1) is 11.2 Å². The number of fused-ring (bicyclic) bond motifs is 1. The van der Waals surface area contributed by atoms with Crippen molar-refractivity contribution in [3.05, 3.63) is 54.4 Å². The van der Waals surface area contributed by atoms with Gasteiger partial charge in [0.15, 0.2) is 0 Å². The van der Waals surface area contributed by atoms with Crippen molar-refractivity contribution in [1.29, 1.82) is 0 Å². The number of pyridine rings is 2. The smallest absolute Gasteiger partial charge is 0.0722 e. The third kappa shape index (κ3) is 2.27. The van der Waals surface area contributed by atoms with Crippen LogP contribution in [0, 0.1) is 6.92 Å². The second kappa shape index (κ2) is 4.69. The largest absolute Gasteiger partial charge is 0.388 e. The van der Waals surface area contributed by atoms with Gasteiger partial charge < -0.3 is 5.32 Å². The lowest BCUT2D eigenvalue weighted by molar-refractivity contribution is 1.25. The quantitative estimate of drug-likeness (QED) is 0.753. The highest BCUT2D eigenvalue weighted by Gasteiger charge is 2.03. The topological polar surface area (TPSA) is 37.8 Å². The molecule has 0 saturated heterocycles. The molecule has 0 fully saturated rings. The summed E-state index contributed by atoms with van der Waals surface area (Å²) in [6.45, 7) is 2.01. The van der Waals surface area contributed by atoms with Gasteiger partial charge in [-0.3, -0.25) is 9.97 Å². The van der Waals surface area contributed by atoms with Crippen LogP contribution in [-0.2, 0) is 0 Å². The van der Waals surface area contributed by atoms with E-state index in [1.54, 1.807) is 0 Å². The molecule has 0 saturated carbocycles. The molecule has 3 rings (SSSR count). The number of nitrogens with one attached hydrogen (secondary N) is 1. The molecule has 0 radical (unpaired) electrons. The van der Waals surface area contributed by atoms with E-state index in [-0.39, 0.29) is 0 Å². The van der Waals surface area contributed by atoms with Crippen molar-refractivity contribution in [1.82, 2.24) is 9.97 Å². The van der Waals surface area contributed by atoms with Crippen LogP contribution in [0.5, 0.6) is 0 Å². The number of nitrogens with zero attached hydrogens (tertiary/aromatic N) is 2. The van der Waals surface area contributed by atoms with Crippen LogP contribution in [0.4, 0.5) is 5.69 Å². The third-order valence-electron chi connectivity index (χ3n) is 3.17. The predicted molar refractivity (Wildman–Crippen MR) is 79.3 cm³/mol. The Labute approximate surface area is 112 Å². The fourth-order valence-corrected chi connectivity index (χ4v) is 2.13. The van der Waals surface area contributed by atoms with Crippen molar-refractivity contribution >= 4 is 16.6 Å². The molecule has 1 aromatic carbocycles. The van der Waals surface area contributed by atoms with Gasteiger partial charge in [-0.15, -0.1) is 0 Å². The number of anilines is 1. The number of hydrogen-bond acceptors (Lipinski definition) is 3. The second-order valence-electron chi connectivity index (χ2n) is 4.54. The van der Waals surface area contributed by atoms with Crippen molar-refractivity contribution in [2.24, 2.45) is 0 Å². The summed E-state index contributed by atoms with van der Waals surface area (Å²) < 4.78 is 0. The van der Waals surface area contributed by atoms with Gasteiger partial charge in [0.25, 0.3) is 0 Å². The molecule has 94 valence electrons. The first-order valence-corrected chi connectivity index (χ1v) is 6.28. The van der Waals surface area contributed by atoms with E-state index < -0.39 is 0 Å². The second-order valence-corrected chi connectivity index (χ2v) is 4.54. The minimum atomic E-state index is 0.967. The molecule has 3 aromatic rings. The highest BCUT2D eigenvalue weighted by molar-refractivity contribution is 5.84. The molecule has 0 atom stereocenters. The third-order valence-corrected chi connectivity index (χ3v) is 3.17. The zero-order valence-corrected chi connectivity index (χ0v) is 11.0. The summed E-state index contributed by atoms with van der Waals surface area (Å²) in [4.78, 5) is 8.93. The van der Waals surface area contributed by atoms with E-state index in [0.29, 0.717) is 0 Å². The van der Waals surface area contributed by atoms with Crippen molar-refractivity contribution in [2.45, 2.75) is 6.92 Å². The Morgan fingerprint density at radius 2 is 1.89 bits per heavy atom. The summed E-state index contributed by atoms with van der Waals surface area (Å²) in [7, 11) is 1.91. The van der Waals surface area contributed by atoms with Gasteiger partial charge in [-0.2, -0.15) is 0 Å². The minimum absolute atomic E-state index is 0.967. The van der Waals surface area contributed by atoms with Crippen LogP contribution in [-0.4, -0.2) is 17.0 Å². The van der Waals surface area contributed by atoms with Crippen LogP contribution in [0.15, 0.2) is 48.7 Å². The number of rotatable bonds is 2. The van der Waals surface area contributed by atoms with Crippen molar-refractivity contribution in [3.8, 4) is 11.3 Å². The van der Waals surface area contributed by atoms with E-state index in [1.165, 1.54) is 0 Å². The van der Waals surface area contributed by atoms with E-state index >= 15 is 0 Å². The maximum absolute atomic E-state index is 4.51. The SMILES string of the molecule is CNc1ccnc(-c2ccc3nc(C)ccc3c2)c1. The molecule has 2 aromatic heterocycles. The molecule has 3 nitrogen and oxygen atoms in total. The Morgan fingerprint density at radius 3 is 2.74 bits per heavy atom. The number of hydrogen-bond donors (Lipinski definition) is 1. The normalized spacial score (nSPS) is 10.6. The first-order valence-electron chi connectivity index (χ1n) is 6.28. The van der Waals surface area contributed by atoms with E-state index in [1.807, 2.05) is 44.4 Å². The van der Waals surface area contributed by atoms with Crippen LogP contribution < -0.4 is 5.32 Å². The molecule has 19 heavy (non-hydrogen) atoms. The van der Waals surface area contributed by atoms with Gasteiger partial charge in [-0.05, 0) is 37.3 Å². The Balaban J connectivity index is 2.12. The molecule has 0 amide bonds. The van der Waals surface area contributed by atoms with Crippen LogP contribution in [0.25, 0.3) is 22.2 Å². The number of aromatic nitrogens is 2. The van der Waals surface area contributed by atoms with E-state index in [9.17, 15) is 0 Å². The van der Waals surface area contributed by atoms with Gasteiger partial charge >= 0.3 is 0 Å². The molecule has 0 unspecified atom stereocenters. The molecule has 0 aliphatic rings. The van der Waals surface area contributed by atoms with E-state index in [4.69, 9.17) is 0 Å². The van der Waals surface area contributed by atoms with Crippen LogP contribution in [0.1, 0.15) is 5.69 Å². The van der Waals surface area contributed by atoms with Crippen LogP contribution >= 0.6 is 0 Å². The minimum Gasteiger partial charge on any atom is -0.388 e. The fraction of sp³-hybridized carbons (Fsp3) is 0.125. The maximum atomic E-state index is 4.51. The summed E-state index contributed by atoms with van der Waals surface area (Å²) in [5.74, 6) is 0. The summed E-state index contributed by atoms with van der Waals surface area (Å²) in [6.07, 6.45) is 1.82. The lowest BCUT2D eigenvalue weighted by Crippen LogP contribution is -1.90. The van der Waals surface area contributed by atoms with E-state index in [0.717, 1.165) is 33.5 Å². The molecule has 0 spiro atoms. The van der Waals surface area contributed by atoms with Crippen molar-refractivity contribution in [3.63, 3.8) is 0 Å². The fourth-order valence-electron chi connectivity index (χ4n) is 2.13. The molecular weight excluding hydrogens is 234 g/mol. The lowest BCUT2D eigenvalue weighted by Gasteiger charge is -2.06. The van der Waals surface area contributed by atoms with Gasteiger partial charge in [-0.1, -0.05) is 12.1 Å². The van der Waals surface area contributed by atoms with Crippen molar-refractivity contribution < 1.29 is 0 Å². The Kier molecular flexibility index (Phi) is 2.88. The maximum Gasteiger partial charge on any atom is 0.0722 e. The average molecular weight is 249 g/mol. The first-order chi connectivity index (χ1) is 9.26. The lowest BCUT2D eigenvalue weighted by atomic mass is 10.1. The standard InChI is InChI=1S/C16H15N3/c1-11-3-4-12-9-13(5-6-15(12)19-11)16-10-14(17-2)7-8-18-16/h3-10H,1-2H3,(H,17,18). The van der Waals surface area contributed by atoms with Gasteiger partial charge in [0, 0.05) is 35.6 Å². The van der Waals surface area contributed by atoms with Crippen LogP contribution in [0.3, 0.4) is 0 Å². The van der Waals surface area contributed by atoms with Gasteiger partial charge in [0.1, 0.15) is 0 Å². The monoisotopic (exact) mass is 249 g/mol. The zero-order chi connectivity index (χ0) is 13.2. The Morgan fingerprint density at radius 1 is 1.00 bits per heavy atom. The van der Waals surface area contributed by atoms with E-state index in [2.05, 4.69) is 33.5 Å². The summed E-state index contributed by atoms with van der Waals surface area (Å²) in [5, 5.41) is 4.27. The molecule has 1 N–H and O–H groups in total.